The van der Waals surface area contributed by atoms with Gasteiger partial charge in [0.1, 0.15) is 0 Å². The summed E-state index contributed by atoms with van der Waals surface area (Å²) in [7, 11) is 0. The minimum absolute atomic E-state index is 0.894. The van der Waals surface area contributed by atoms with Gasteiger partial charge in [0.25, 0.3) is 0 Å². The molecule has 1 heterocycles. The first-order chi connectivity index (χ1) is 10.3. The molecule has 2 nitrogen and oxygen atoms in total. The number of allylic oxidation sites excluding steroid dienone is 2. The molecule has 112 valence electrons. The first-order valence-corrected chi connectivity index (χ1v) is 8.50. The van der Waals surface area contributed by atoms with Gasteiger partial charge in [-0.05, 0) is 49.7 Å². The van der Waals surface area contributed by atoms with Crippen molar-refractivity contribution in [1.29, 1.82) is 0 Å². The van der Waals surface area contributed by atoms with Crippen LogP contribution in [-0.4, -0.2) is 37.6 Å². The molecule has 0 aromatic heterocycles. The van der Waals surface area contributed by atoms with E-state index in [4.69, 9.17) is 0 Å². The van der Waals surface area contributed by atoms with E-state index < -0.39 is 0 Å². The maximum atomic E-state index is 2.70. The zero-order valence-electron chi connectivity index (χ0n) is 13.0. The van der Waals surface area contributed by atoms with Crippen molar-refractivity contribution in [1.82, 2.24) is 4.90 Å². The van der Waals surface area contributed by atoms with Crippen molar-refractivity contribution in [2.24, 2.45) is 17.8 Å². The van der Waals surface area contributed by atoms with E-state index in [2.05, 4.69) is 53.1 Å². The summed E-state index contributed by atoms with van der Waals surface area (Å²) in [6.07, 6.45) is 7.82. The van der Waals surface area contributed by atoms with Crippen LogP contribution in [0.5, 0.6) is 0 Å². The Labute approximate surface area is 128 Å². The van der Waals surface area contributed by atoms with Gasteiger partial charge >= 0.3 is 0 Å². The lowest BCUT2D eigenvalue weighted by Gasteiger charge is -2.38. The molecule has 1 aromatic carbocycles. The number of rotatable bonds is 3. The largest absolute Gasteiger partial charge is 0.369 e. The number of hydrogen-bond donors (Lipinski definition) is 0. The minimum Gasteiger partial charge on any atom is -0.369 e. The quantitative estimate of drug-likeness (QED) is 0.785. The monoisotopic (exact) mass is 282 g/mol. The predicted octanol–water partition coefficient (Wildman–Crippen LogP) is 3.33. The average Bonchev–Trinajstić information content (AvgIpc) is 3.12. The summed E-state index contributed by atoms with van der Waals surface area (Å²) in [4.78, 5) is 5.24. The SMILES string of the molecule is Cc1ccc(N2CCN(C[C@@H]3CC4C=CC3C4)CC2)cc1. The van der Waals surface area contributed by atoms with Crippen LogP contribution in [0.3, 0.4) is 0 Å². The lowest BCUT2D eigenvalue weighted by molar-refractivity contribution is 0.204. The number of benzene rings is 1. The zero-order valence-corrected chi connectivity index (χ0v) is 13.0. The maximum Gasteiger partial charge on any atom is 0.0367 e. The minimum atomic E-state index is 0.894. The van der Waals surface area contributed by atoms with Gasteiger partial charge in [-0.25, -0.2) is 0 Å². The third kappa shape index (κ3) is 2.74. The standard InChI is InChI=1S/C19H26N2/c1-15-2-6-19(7-3-15)21-10-8-20(9-11-21)14-18-13-16-4-5-17(18)12-16/h2-7,16-18H,8-14H2,1H3/t16?,17?,18-/m0/s1. The zero-order chi connectivity index (χ0) is 14.2. The molecular weight excluding hydrogens is 256 g/mol. The molecule has 1 saturated heterocycles. The topological polar surface area (TPSA) is 6.48 Å². The Morgan fingerprint density at radius 1 is 0.952 bits per heavy atom. The second kappa shape index (κ2) is 5.49. The Bertz CT molecular complexity index is 511. The van der Waals surface area contributed by atoms with Crippen molar-refractivity contribution in [3.63, 3.8) is 0 Å². The smallest absolute Gasteiger partial charge is 0.0367 e. The summed E-state index contributed by atoms with van der Waals surface area (Å²) in [6, 6.07) is 8.99. The Morgan fingerprint density at radius 3 is 2.33 bits per heavy atom. The van der Waals surface area contributed by atoms with E-state index in [9.17, 15) is 0 Å². The number of fused-ring (bicyclic) bond motifs is 2. The molecule has 1 aromatic rings. The lowest BCUT2D eigenvalue weighted by Crippen LogP contribution is -2.48. The molecule has 2 aliphatic carbocycles. The first kappa shape index (κ1) is 13.4. The Morgan fingerprint density at radius 2 is 1.71 bits per heavy atom. The number of piperazine rings is 1. The van der Waals surface area contributed by atoms with Crippen molar-refractivity contribution in [3.05, 3.63) is 42.0 Å². The van der Waals surface area contributed by atoms with Gasteiger partial charge in [-0.1, -0.05) is 29.8 Å². The van der Waals surface area contributed by atoms with Crippen molar-refractivity contribution >= 4 is 5.69 Å². The number of hydrogen-bond acceptors (Lipinski definition) is 2. The second-order valence-corrected chi connectivity index (χ2v) is 7.16. The van der Waals surface area contributed by atoms with Gasteiger partial charge in [-0.2, -0.15) is 0 Å². The van der Waals surface area contributed by atoms with Crippen LogP contribution in [0.25, 0.3) is 0 Å². The van der Waals surface area contributed by atoms with Crippen LogP contribution in [0, 0.1) is 24.7 Å². The summed E-state index contributed by atoms with van der Waals surface area (Å²) >= 11 is 0. The van der Waals surface area contributed by atoms with Crippen LogP contribution in [0.4, 0.5) is 5.69 Å². The van der Waals surface area contributed by atoms with Crippen LogP contribution < -0.4 is 4.90 Å². The van der Waals surface area contributed by atoms with E-state index in [0.29, 0.717) is 0 Å². The summed E-state index contributed by atoms with van der Waals surface area (Å²) < 4.78 is 0. The molecule has 21 heavy (non-hydrogen) atoms. The van der Waals surface area contributed by atoms with Gasteiger partial charge in [-0.15, -0.1) is 0 Å². The van der Waals surface area contributed by atoms with Crippen LogP contribution in [0.15, 0.2) is 36.4 Å². The Balaban J connectivity index is 1.30. The summed E-state index contributed by atoms with van der Waals surface area (Å²) in [6.45, 7) is 8.30. The van der Waals surface area contributed by atoms with Crippen molar-refractivity contribution in [3.8, 4) is 0 Å². The molecule has 0 N–H and O–H groups in total. The first-order valence-electron chi connectivity index (χ1n) is 8.50. The van der Waals surface area contributed by atoms with E-state index in [0.717, 1.165) is 17.8 Å². The van der Waals surface area contributed by atoms with Gasteiger partial charge in [0.2, 0.25) is 0 Å². The van der Waals surface area contributed by atoms with Crippen molar-refractivity contribution in [2.45, 2.75) is 19.8 Å². The molecule has 2 bridgehead atoms. The number of aryl methyl sites for hydroxylation is 1. The van der Waals surface area contributed by atoms with Crippen LogP contribution >= 0.6 is 0 Å². The molecule has 3 aliphatic rings. The highest BCUT2D eigenvalue weighted by Crippen LogP contribution is 2.43. The summed E-state index contributed by atoms with van der Waals surface area (Å²) in [5.74, 6) is 2.74. The molecule has 2 fully saturated rings. The van der Waals surface area contributed by atoms with Crippen LogP contribution in [0.2, 0.25) is 0 Å². The Hall–Kier alpha value is -1.28. The number of anilines is 1. The molecule has 0 radical (unpaired) electrons. The van der Waals surface area contributed by atoms with Crippen molar-refractivity contribution in [2.75, 3.05) is 37.6 Å². The highest BCUT2D eigenvalue weighted by molar-refractivity contribution is 5.47. The van der Waals surface area contributed by atoms with Gasteiger partial charge in [0.05, 0.1) is 0 Å². The molecule has 0 spiro atoms. The van der Waals surface area contributed by atoms with E-state index in [1.807, 2.05) is 0 Å². The summed E-state index contributed by atoms with van der Waals surface area (Å²) in [5, 5.41) is 0. The highest BCUT2D eigenvalue weighted by atomic mass is 15.3. The summed E-state index contributed by atoms with van der Waals surface area (Å²) in [5.41, 5.74) is 2.74. The predicted molar refractivity (Wildman–Crippen MR) is 88.7 cm³/mol. The third-order valence-electron chi connectivity index (χ3n) is 5.68. The maximum absolute atomic E-state index is 2.70. The van der Waals surface area contributed by atoms with E-state index in [1.54, 1.807) is 0 Å². The van der Waals surface area contributed by atoms with Gasteiger partial charge in [-0.3, -0.25) is 4.90 Å². The molecule has 4 rings (SSSR count). The molecule has 0 amide bonds. The van der Waals surface area contributed by atoms with Crippen LogP contribution in [-0.2, 0) is 0 Å². The normalized spacial score (nSPS) is 32.0. The Kier molecular flexibility index (Phi) is 3.50. The third-order valence-corrected chi connectivity index (χ3v) is 5.68. The van der Waals surface area contributed by atoms with Crippen LogP contribution in [0.1, 0.15) is 18.4 Å². The molecule has 2 unspecified atom stereocenters. The molecular formula is C19H26N2. The fraction of sp³-hybridized carbons (Fsp3) is 0.579. The average molecular weight is 282 g/mol. The molecule has 2 heteroatoms. The molecule has 1 saturated carbocycles. The van der Waals surface area contributed by atoms with E-state index in [-0.39, 0.29) is 0 Å². The van der Waals surface area contributed by atoms with Gasteiger partial charge in [0, 0.05) is 38.4 Å². The van der Waals surface area contributed by atoms with Gasteiger partial charge < -0.3 is 4.90 Å². The molecule has 1 aliphatic heterocycles. The fourth-order valence-corrected chi connectivity index (χ4v) is 4.38. The van der Waals surface area contributed by atoms with Gasteiger partial charge in [0.15, 0.2) is 0 Å². The number of nitrogens with zero attached hydrogens (tertiary/aromatic N) is 2. The second-order valence-electron chi connectivity index (χ2n) is 7.16. The molecule has 3 atom stereocenters. The lowest BCUT2D eigenvalue weighted by atomic mass is 9.93. The van der Waals surface area contributed by atoms with Crippen molar-refractivity contribution < 1.29 is 0 Å². The van der Waals surface area contributed by atoms with E-state index in [1.165, 1.54) is 56.8 Å². The highest BCUT2D eigenvalue weighted by Gasteiger charge is 2.36. The van der Waals surface area contributed by atoms with E-state index >= 15 is 0 Å². The fourth-order valence-electron chi connectivity index (χ4n) is 4.38.